The Morgan fingerprint density at radius 2 is 1.81 bits per heavy atom. The summed E-state index contributed by atoms with van der Waals surface area (Å²) < 4.78 is 20.9. The van der Waals surface area contributed by atoms with E-state index >= 15 is 0 Å². The number of hydrogen-bond acceptors (Lipinski definition) is 2. The number of methoxy groups -OCH3 is 1. The molecule has 0 saturated heterocycles. The molecular weight excluding hydrogens is 343 g/mol. The molecule has 0 aliphatic carbocycles. The fourth-order valence-electron chi connectivity index (χ4n) is 3.31. The van der Waals surface area contributed by atoms with Crippen molar-refractivity contribution in [1.29, 1.82) is 0 Å². The summed E-state index contributed by atoms with van der Waals surface area (Å²) in [6, 6.07) is 16.6. The number of hydrogen-bond donors (Lipinski definition) is 0. The number of aryl methyl sites for hydroxylation is 1. The topological polar surface area (TPSA) is 34.5 Å². The van der Waals surface area contributed by atoms with Gasteiger partial charge in [-0.05, 0) is 49.7 Å². The van der Waals surface area contributed by atoms with Gasteiger partial charge in [-0.3, -0.25) is 4.79 Å². The number of carbonyl (C=O) groups is 1. The molecule has 4 nitrogen and oxygen atoms in total. The van der Waals surface area contributed by atoms with Crippen LogP contribution < -0.4 is 4.74 Å². The lowest BCUT2D eigenvalue weighted by Crippen LogP contribution is -2.26. The molecule has 2 aromatic carbocycles. The fourth-order valence-corrected chi connectivity index (χ4v) is 3.31. The highest BCUT2D eigenvalue weighted by Crippen LogP contribution is 2.23. The van der Waals surface area contributed by atoms with Crippen molar-refractivity contribution in [3.8, 4) is 11.4 Å². The number of aromatic nitrogens is 1. The maximum absolute atomic E-state index is 13.9. The zero-order valence-corrected chi connectivity index (χ0v) is 16.0. The van der Waals surface area contributed by atoms with E-state index in [1.807, 2.05) is 50.2 Å². The molecule has 1 amide bonds. The highest BCUT2D eigenvalue weighted by atomic mass is 19.1. The van der Waals surface area contributed by atoms with E-state index in [2.05, 4.69) is 4.57 Å². The van der Waals surface area contributed by atoms with Crippen LogP contribution in [0.1, 0.15) is 27.3 Å². The van der Waals surface area contributed by atoms with Crippen LogP contribution in [0.2, 0.25) is 0 Å². The number of rotatable bonds is 5. The molecule has 0 fully saturated rings. The highest BCUT2D eigenvalue weighted by molar-refractivity contribution is 5.95. The number of para-hydroxylation sites is 1. The normalized spacial score (nSPS) is 10.7. The summed E-state index contributed by atoms with van der Waals surface area (Å²) in [4.78, 5) is 14.6. The molecule has 1 heterocycles. The van der Waals surface area contributed by atoms with E-state index in [1.165, 1.54) is 13.2 Å². The molecule has 3 aromatic rings. The van der Waals surface area contributed by atoms with Gasteiger partial charge in [-0.15, -0.1) is 0 Å². The van der Waals surface area contributed by atoms with E-state index in [1.54, 1.807) is 24.1 Å². The number of halogens is 1. The van der Waals surface area contributed by atoms with Gasteiger partial charge in [0.25, 0.3) is 5.91 Å². The summed E-state index contributed by atoms with van der Waals surface area (Å²) >= 11 is 0. The number of nitrogens with zero attached hydrogens (tertiary/aromatic N) is 2. The summed E-state index contributed by atoms with van der Waals surface area (Å²) in [5.41, 5.74) is 4.25. The second-order valence-electron chi connectivity index (χ2n) is 6.59. The Bertz CT molecular complexity index is 964. The molecule has 27 heavy (non-hydrogen) atoms. The van der Waals surface area contributed by atoms with Gasteiger partial charge in [0.2, 0.25) is 0 Å². The summed E-state index contributed by atoms with van der Waals surface area (Å²) in [5, 5.41) is 0. The SMILES string of the molecule is COc1ccc(CN(C)C(=O)c2cc(C)n(-c3ccccc3)c2C)cc1F. The Morgan fingerprint density at radius 1 is 1.11 bits per heavy atom. The molecule has 0 bridgehead atoms. The van der Waals surface area contributed by atoms with E-state index in [9.17, 15) is 9.18 Å². The number of benzene rings is 2. The minimum Gasteiger partial charge on any atom is -0.494 e. The van der Waals surface area contributed by atoms with E-state index in [0.29, 0.717) is 17.7 Å². The molecule has 1 aromatic heterocycles. The van der Waals surface area contributed by atoms with Crippen molar-refractivity contribution >= 4 is 5.91 Å². The Morgan fingerprint density at radius 3 is 2.44 bits per heavy atom. The van der Waals surface area contributed by atoms with Crippen LogP contribution in [-0.4, -0.2) is 29.5 Å². The van der Waals surface area contributed by atoms with Gasteiger partial charge in [-0.2, -0.15) is 0 Å². The van der Waals surface area contributed by atoms with Gasteiger partial charge in [0.1, 0.15) is 0 Å². The van der Waals surface area contributed by atoms with Crippen molar-refractivity contribution < 1.29 is 13.9 Å². The average Bonchev–Trinajstić information content (AvgIpc) is 2.96. The molecule has 0 aliphatic rings. The quantitative estimate of drug-likeness (QED) is 0.666. The monoisotopic (exact) mass is 366 g/mol. The zero-order valence-electron chi connectivity index (χ0n) is 16.0. The lowest BCUT2D eigenvalue weighted by atomic mass is 10.1. The maximum Gasteiger partial charge on any atom is 0.255 e. The Hall–Kier alpha value is -3.08. The standard InChI is InChI=1S/C22H23FN2O2/c1-15-12-19(16(2)25(15)18-8-6-5-7-9-18)22(26)24(3)14-17-10-11-21(27-4)20(23)13-17/h5-13H,14H2,1-4H3. The third kappa shape index (κ3) is 3.72. The second kappa shape index (κ2) is 7.66. The lowest BCUT2D eigenvalue weighted by Gasteiger charge is -2.18. The molecule has 0 saturated carbocycles. The molecular formula is C22H23FN2O2. The van der Waals surface area contributed by atoms with Crippen LogP contribution >= 0.6 is 0 Å². The lowest BCUT2D eigenvalue weighted by molar-refractivity contribution is 0.0784. The molecule has 0 atom stereocenters. The van der Waals surface area contributed by atoms with Crippen molar-refractivity contribution in [2.75, 3.05) is 14.2 Å². The summed E-state index contributed by atoms with van der Waals surface area (Å²) in [7, 11) is 3.15. The van der Waals surface area contributed by atoms with Crippen LogP contribution in [0.5, 0.6) is 5.75 Å². The predicted molar refractivity (Wildman–Crippen MR) is 104 cm³/mol. The van der Waals surface area contributed by atoms with Crippen LogP contribution in [0.3, 0.4) is 0 Å². The number of ether oxygens (including phenoxy) is 1. The van der Waals surface area contributed by atoms with Crippen molar-refractivity contribution in [3.05, 3.63) is 82.9 Å². The minimum atomic E-state index is -0.432. The van der Waals surface area contributed by atoms with Crippen molar-refractivity contribution in [2.45, 2.75) is 20.4 Å². The van der Waals surface area contributed by atoms with Gasteiger partial charge in [-0.1, -0.05) is 24.3 Å². The molecule has 5 heteroatoms. The Kier molecular flexibility index (Phi) is 5.31. The number of carbonyl (C=O) groups excluding carboxylic acids is 1. The first-order chi connectivity index (χ1) is 12.9. The van der Waals surface area contributed by atoms with Gasteiger partial charge in [-0.25, -0.2) is 4.39 Å². The first-order valence-corrected chi connectivity index (χ1v) is 8.74. The molecule has 0 radical (unpaired) electrons. The summed E-state index contributed by atoms with van der Waals surface area (Å²) in [6.45, 7) is 4.23. The Labute approximate surface area is 158 Å². The highest BCUT2D eigenvalue weighted by Gasteiger charge is 2.20. The van der Waals surface area contributed by atoms with Crippen LogP contribution in [0, 0.1) is 19.7 Å². The molecule has 3 rings (SSSR count). The predicted octanol–water partition coefficient (Wildman–Crippen LogP) is 4.51. The number of amides is 1. The largest absolute Gasteiger partial charge is 0.494 e. The average molecular weight is 366 g/mol. The third-order valence-corrected chi connectivity index (χ3v) is 4.66. The smallest absolute Gasteiger partial charge is 0.255 e. The Balaban J connectivity index is 1.84. The van der Waals surface area contributed by atoms with Crippen LogP contribution in [0.4, 0.5) is 4.39 Å². The molecule has 0 N–H and O–H groups in total. The van der Waals surface area contributed by atoms with Crippen molar-refractivity contribution in [3.63, 3.8) is 0 Å². The van der Waals surface area contributed by atoms with Gasteiger partial charge in [0.15, 0.2) is 11.6 Å². The molecule has 0 aliphatic heterocycles. The molecule has 0 unspecified atom stereocenters. The third-order valence-electron chi connectivity index (χ3n) is 4.66. The van der Waals surface area contributed by atoms with E-state index < -0.39 is 5.82 Å². The second-order valence-corrected chi connectivity index (χ2v) is 6.59. The molecule has 140 valence electrons. The summed E-state index contributed by atoms with van der Waals surface area (Å²) in [5.74, 6) is -0.334. The summed E-state index contributed by atoms with van der Waals surface area (Å²) in [6.07, 6.45) is 0. The van der Waals surface area contributed by atoms with Crippen LogP contribution in [0.15, 0.2) is 54.6 Å². The van der Waals surface area contributed by atoms with Crippen molar-refractivity contribution in [1.82, 2.24) is 9.47 Å². The van der Waals surface area contributed by atoms with Crippen molar-refractivity contribution in [2.24, 2.45) is 0 Å². The van der Waals surface area contributed by atoms with E-state index in [0.717, 1.165) is 17.1 Å². The van der Waals surface area contributed by atoms with Gasteiger partial charge < -0.3 is 14.2 Å². The first kappa shape index (κ1) is 18.7. The van der Waals surface area contributed by atoms with Crippen LogP contribution in [0.25, 0.3) is 5.69 Å². The van der Waals surface area contributed by atoms with E-state index in [-0.39, 0.29) is 11.7 Å². The minimum absolute atomic E-state index is 0.0958. The van der Waals surface area contributed by atoms with E-state index in [4.69, 9.17) is 4.74 Å². The fraction of sp³-hybridized carbons (Fsp3) is 0.227. The van der Waals surface area contributed by atoms with Gasteiger partial charge >= 0.3 is 0 Å². The maximum atomic E-state index is 13.9. The van der Waals surface area contributed by atoms with Crippen LogP contribution in [-0.2, 0) is 6.54 Å². The molecule has 0 spiro atoms. The van der Waals surface area contributed by atoms with Gasteiger partial charge in [0.05, 0.1) is 12.7 Å². The zero-order chi connectivity index (χ0) is 19.6. The first-order valence-electron chi connectivity index (χ1n) is 8.74. The van der Waals surface area contributed by atoms with Gasteiger partial charge in [0, 0.05) is 30.7 Å².